The molecule has 1 saturated heterocycles. The lowest BCUT2D eigenvalue weighted by atomic mass is 10.1. The van der Waals surface area contributed by atoms with Crippen molar-refractivity contribution in [2.24, 2.45) is 0 Å². The van der Waals surface area contributed by atoms with Crippen LogP contribution in [0, 0.1) is 0 Å². The highest BCUT2D eigenvalue weighted by atomic mass is 32.1. The zero-order valence-electron chi connectivity index (χ0n) is 4.76. The molecular weight excluding hydrogens is 122 g/mol. The van der Waals surface area contributed by atoms with E-state index < -0.39 is 0 Å². The molecule has 0 saturated carbocycles. The van der Waals surface area contributed by atoms with Gasteiger partial charge in [-0.15, -0.1) is 0 Å². The van der Waals surface area contributed by atoms with Crippen LogP contribution in [0.3, 0.4) is 0 Å². The summed E-state index contributed by atoms with van der Waals surface area (Å²) >= 11 is 3.72. The van der Waals surface area contributed by atoms with Crippen LogP contribution in [-0.4, -0.2) is 19.2 Å². The average Bonchev–Trinajstić information content (AvgIpc) is 1.90. The second kappa shape index (κ2) is 3.33. The van der Waals surface area contributed by atoms with E-state index >= 15 is 0 Å². The van der Waals surface area contributed by atoms with Gasteiger partial charge in [-0.3, -0.25) is 0 Å². The van der Waals surface area contributed by atoms with Crippen molar-refractivity contribution in [1.82, 2.24) is 5.32 Å². The third-order valence-corrected chi connectivity index (χ3v) is 1.70. The fraction of sp³-hybridized carbons (Fsp3) is 1.00. The third-order valence-electron chi connectivity index (χ3n) is 1.40. The molecule has 1 N–H and O–H groups in total. The van der Waals surface area contributed by atoms with Crippen molar-refractivity contribution >= 4 is 12.9 Å². The van der Waals surface area contributed by atoms with Gasteiger partial charge in [0, 0.05) is 6.54 Å². The first-order chi connectivity index (χ1) is 3.93. The number of nitrogens with one attached hydrogen (secondary N) is 1. The predicted octanol–water partition coefficient (Wildman–Crippen LogP) is 0.600. The summed E-state index contributed by atoms with van der Waals surface area (Å²) in [6, 6.07) is 0. The minimum Gasteiger partial charge on any atom is -0.314 e. The Balaban J connectivity index is 2.13. The van der Waals surface area contributed by atoms with Crippen LogP contribution in [0.25, 0.3) is 0 Å². The molecule has 1 rings (SSSR count). The maximum absolute atomic E-state index is 4.82. The predicted molar refractivity (Wildman–Crippen MR) is 36.0 cm³/mol. The Morgan fingerprint density at radius 3 is 2.88 bits per heavy atom. The van der Waals surface area contributed by atoms with E-state index in [-0.39, 0.29) is 0 Å². The van der Waals surface area contributed by atoms with Gasteiger partial charge in [-0.25, -0.2) is 0 Å². The standard InChI is InChI=1S/C5H11NOS/c8-7-5-2-1-3-6-4-5/h5-6,8H,1-4H2. The van der Waals surface area contributed by atoms with Gasteiger partial charge in [-0.1, -0.05) is 0 Å². The first-order valence-electron chi connectivity index (χ1n) is 2.94. The summed E-state index contributed by atoms with van der Waals surface area (Å²) in [7, 11) is 0. The van der Waals surface area contributed by atoms with Gasteiger partial charge in [0.2, 0.25) is 0 Å². The van der Waals surface area contributed by atoms with Crippen molar-refractivity contribution in [3.63, 3.8) is 0 Å². The van der Waals surface area contributed by atoms with Crippen LogP contribution in [0.4, 0.5) is 0 Å². The molecule has 48 valence electrons. The SMILES string of the molecule is SOC1CCCNC1. The second-order valence-electron chi connectivity index (χ2n) is 2.07. The van der Waals surface area contributed by atoms with E-state index in [2.05, 4.69) is 18.2 Å². The summed E-state index contributed by atoms with van der Waals surface area (Å²) in [4.78, 5) is 0. The Bertz CT molecular complexity index is 63.4. The summed E-state index contributed by atoms with van der Waals surface area (Å²) in [5.41, 5.74) is 0. The van der Waals surface area contributed by atoms with Crippen LogP contribution in [0.5, 0.6) is 0 Å². The molecule has 0 spiro atoms. The molecule has 3 heteroatoms. The Labute approximate surface area is 55.2 Å². The number of thiol groups is 1. The summed E-state index contributed by atoms with van der Waals surface area (Å²) in [5, 5.41) is 3.21. The lowest BCUT2D eigenvalue weighted by molar-refractivity contribution is 0.203. The molecule has 1 aliphatic heterocycles. The molecule has 1 aliphatic rings. The third kappa shape index (κ3) is 1.65. The van der Waals surface area contributed by atoms with Gasteiger partial charge in [0.15, 0.2) is 0 Å². The monoisotopic (exact) mass is 133 g/mol. The fourth-order valence-electron chi connectivity index (χ4n) is 0.910. The lowest BCUT2D eigenvalue weighted by Gasteiger charge is -2.19. The van der Waals surface area contributed by atoms with E-state index in [0.717, 1.165) is 19.5 Å². The summed E-state index contributed by atoms with van der Waals surface area (Å²) < 4.78 is 4.82. The molecule has 0 aromatic rings. The molecule has 0 aromatic carbocycles. The topological polar surface area (TPSA) is 21.3 Å². The minimum absolute atomic E-state index is 0.340. The zero-order valence-corrected chi connectivity index (χ0v) is 5.66. The molecule has 1 atom stereocenters. The molecule has 0 amide bonds. The molecule has 0 bridgehead atoms. The van der Waals surface area contributed by atoms with Gasteiger partial charge in [-0.2, -0.15) is 0 Å². The fourth-order valence-corrected chi connectivity index (χ4v) is 1.09. The smallest absolute Gasteiger partial charge is 0.0843 e. The van der Waals surface area contributed by atoms with Crippen molar-refractivity contribution in [1.29, 1.82) is 0 Å². The van der Waals surface area contributed by atoms with E-state index in [0.29, 0.717) is 6.10 Å². The largest absolute Gasteiger partial charge is 0.314 e. The number of hydrogen-bond acceptors (Lipinski definition) is 3. The molecule has 0 radical (unpaired) electrons. The summed E-state index contributed by atoms with van der Waals surface area (Å²) in [5.74, 6) is 0. The molecule has 0 aromatic heterocycles. The maximum Gasteiger partial charge on any atom is 0.0843 e. The van der Waals surface area contributed by atoms with Gasteiger partial charge >= 0.3 is 0 Å². The van der Waals surface area contributed by atoms with Crippen LogP contribution >= 0.6 is 12.9 Å². The quantitative estimate of drug-likeness (QED) is 0.404. The average molecular weight is 133 g/mol. The van der Waals surface area contributed by atoms with Gasteiger partial charge in [0.1, 0.15) is 0 Å². The molecule has 1 heterocycles. The van der Waals surface area contributed by atoms with Gasteiger partial charge < -0.3 is 9.50 Å². The first-order valence-corrected chi connectivity index (χ1v) is 3.31. The van der Waals surface area contributed by atoms with Crippen molar-refractivity contribution in [3.05, 3.63) is 0 Å². The van der Waals surface area contributed by atoms with Crippen LogP contribution in [-0.2, 0) is 4.18 Å². The number of rotatable bonds is 1. The second-order valence-corrected chi connectivity index (χ2v) is 2.28. The molecule has 1 unspecified atom stereocenters. The van der Waals surface area contributed by atoms with Gasteiger partial charge in [0.05, 0.1) is 6.10 Å². The number of hydrogen-bond donors (Lipinski definition) is 2. The zero-order chi connectivity index (χ0) is 5.82. The Morgan fingerprint density at radius 1 is 1.62 bits per heavy atom. The Hall–Kier alpha value is 0.270. The Morgan fingerprint density at radius 2 is 2.50 bits per heavy atom. The van der Waals surface area contributed by atoms with Crippen molar-refractivity contribution in [2.75, 3.05) is 13.1 Å². The minimum atomic E-state index is 0.340. The summed E-state index contributed by atoms with van der Waals surface area (Å²) in [6.45, 7) is 2.09. The van der Waals surface area contributed by atoms with E-state index in [4.69, 9.17) is 4.18 Å². The molecule has 1 fully saturated rings. The molecular formula is C5H11NOS. The van der Waals surface area contributed by atoms with E-state index in [9.17, 15) is 0 Å². The Kier molecular flexibility index (Phi) is 2.66. The van der Waals surface area contributed by atoms with Crippen molar-refractivity contribution in [2.45, 2.75) is 18.9 Å². The van der Waals surface area contributed by atoms with Gasteiger partial charge in [0.25, 0.3) is 0 Å². The highest BCUT2D eigenvalue weighted by Gasteiger charge is 2.10. The van der Waals surface area contributed by atoms with Gasteiger partial charge in [-0.05, 0) is 32.3 Å². The molecule has 8 heavy (non-hydrogen) atoms. The number of piperidine rings is 1. The lowest BCUT2D eigenvalue weighted by Crippen LogP contribution is -2.33. The van der Waals surface area contributed by atoms with E-state index in [1.54, 1.807) is 0 Å². The van der Waals surface area contributed by atoms with Crippen LogP contribution < -0.4 is 5.32 Å². The van der Waals surface area contributed by atoms with Crippen LogP contribution in [0.15, 0.2) is 0 Å². The normalized spacial score (nSPS) is 30.4. The highest BCUT2D eigenvalue weighted by Crippen LogP contribution is 2.06. The van der Waals surface area contributed by atoms with E-state index in [1.165, 1.54) is 6.42 Å². The maximum atomic E-state index is 4.82. The highest BCUT2D eigenvalue weighted by molar-refractivity contribution is 7.75. The molecule has 0 aliphatic carbocycles. The van der Waals surface area contributed by atoms with E-state index in [1.807, 2.05) is 0 Å². The summed E-state index contributed by atoms with van der Waals surface area (Å²) in [6.07, 6.45) is 2.70. The molecule has 2 nitrogen and oxygen atoms in total. The van der Waals surface area contributed by atoms with Crippen LogP contribution in [0.2, 0.25) is 0 Å². The van der Waals surface area contributed by atoms with Crippen LogP contribution in [0.1, 0.15) is 12.8 Å². The first kappa shape index (κ1) is 6.39. The van der Waals surface area contributed by atoms with Crippen molar-refractivity contribution in [3.8, 4) is 0 Å². The van der Waals surface area contributed by atoms with Crippen molar-refractivity contribution < 1.29 is 4.18 Å².